The molecule has 0 saturated carbocycles. The van der Waals surface area contributed by atoms with Crippen molar-refractivity contribution in [2.75, 3.05) is 12.3 Å². The number of carboxylic acids is 1. The van der Waals surface area contributed by atoms with Gasteiger partial charge in [0.1, 0.15) is 0 Å². The lowest BCUT2D eigenvalue weighted by Gasteiger charge is -2.05. The van der Waals surface area contributed by atoms with Crippen LogP contribution in [0.3, 0.4) is 0 Å². The summed E-state index contributed by atoms with van der Waals surface area (Å²) in [4.78, 5) is 14.1. The topological polar surface area (TPSA) is 101 Å². The first-order valence-electron chi connectivity index (χ1n) is 5.64. The molecule has 0 spiro atoms. The molecule has 2 N–H and O–H groups in total. The molecule has 0 atom stereocenters. The molecule has 0 bridgehead atoms. The number of rotatable bonds is 9. The molecule has 102 valence electrons. The number of carboxylic acid groups (broad SMARTS) is 1. The largest absolute Gasteiger partial charge is 0.481 e. The van der Waals surface area contributed by atoms with Crippen molar-refractivity contribution in [3.8, 4) is 0 Å². The zero-order chi connectivity index (χ0) is 13.4. The minimum atomic E-state index is -3.46. The smallest absolute Gasteiger partial charge is 0.304 e. The van der Waals surface area contributed by atoms with Crippen LogP contribution in [0.5, 0.6) is 0 Å². The monoisotopic (exact) mass is 275 g/mol. The van der Waals surface area contributed by atoms with Gasteiger partial charge in [0.05, 0.1) is 18.5 Å². The first-order valence-corrected chi connectivity index (χ1v) is 7.30. The molecule has 0 saturated heterocycles. The summed E-state index contributed by atoms with van der Waals surface area (Å²) in [5.41, 5.74) is 0. The lowest BCUT2D eigenvalue weighted by molar-refractivity contribution is -0.136. The maximum absolute atomic E-state index is 11.3. The summed E-state index contributed by atoms with van der Waals surface area (Å²) in [5, 5.41) is 8.39. The summed E-state index contributed by atoms with van der Waals surface area (Å²) in [6, 6.07) is 0. The van der Waals surface area contributed by atoms with E-state index in [1.165, 1.54) is 0 Å². The van der Waals surface area contributed by atoms with E-state index in [-0.39, 0.29) is 12.2 Å². The fraction of sp³-hybridized carbons (Fsp3) is 0.600. The van der Waals surface area contributed by atoms with Gasteiger partial charge in [-0.25, -0.2) is 18.1 Å². The van der Waals surface area contributed by atoms with Gasteiger partial charge in [0.2, 0.25) is 10.0 Å². The van der Waals surface area contributed by atoms with Crippen LogP contribution in [0.4, 0.5) is 0 Å². The summed E-state index contributed by atoms with van der Waals surface area (Å²) in [6.45, 7) is 1.12. The molecule has 7 nitrogen and oxygen atoms in total. The van der Waals surface area contributed by atoms with E-state index in [1.807, 2.05) is 10.8 Å². The molecule has 8 heteroatoms. The van der Waals surface area contributed by atoms with Crippen molar-refractivity contribution in [3.63, 3.8) is 0 Å². The number of aliphatic carboxylic acids is 1. The van der Waals surface area contributed by atoms with Crippen LogP contribution in [-0.2, 0) is 21.4 Å². The molecule has 0 aliphatic rings. The second-order valence-electron chi connectivity index (χ2n) is 3.86. The Morgan fingerprint density at radius 1 is 1.39 bits per heavy atom. The first kappa shape index (κ1) is 14.7. The van der Waals surface area contributed by atoms with E-state index in [0.717, 1.165) is 13.0 Å². The van der Waals surface area contributed by atoms with E-state index in [4.69, 9.17) is 5.11 Å². The van der Waals surface area contributed by atoms with Gasteiger partial charge in [-0.1, -0.05) is 0 Å². The van der Waals surface area contributed by atoms with Crippen molar-refractivity contribution in [2.45, 2.75) is 25.8 Å². The Morgan fingerprint density at radius 3 is 2.78 bits per heavy atom. The quantitative estimate of drug-likeness (QED) is 0.620. The number of aryl methyl sites for hydroxylation is 1. The highest BCUT2D eigenvalue weighted by atomic mass is 32.2. The van der Waals surface area contributed by atoms with Crippen LogP contribution in [-0.4, -0.2) is 41.3 Å². The maximum atomic E-state index is 11.3. The third kappa shape index (κ3) is 6.36. The molecule has 1 aromatic rings. The van der Waals surface area contributed by atoms with Gasteiger partial charge >= 0.3 is 5.97 Å². The molecular weight excluding hydrogens is 258 g/mol. The van der Waals surface area contributed by atoms with Crippen LogP contribution in [0.1, 0.15) is 19.3 Å². The molecule has 0 fully saturated rings. The third-order valence-corrected chi connectivity index (χ3v) is 3.69. The lowest BCUT2D eigenvalue weighted by atomic mass is 10.3. The predicted molar refractivity (Wildman–Crippen MR) is 65.5 cm³/mol. The Bertz CT molecular complexity index is 455. The van der Waals surface area contributed by atoms with Crippen LogP contribution in [0.2, 0.25) is 0 Å². The Kier molecular flexibility index (Phi) is 5.79. The molecule has 1 heterocycles. The zero-order valence-electron chi connectivity index (χ0n) is 9.95. The van der Waals surface area contributed by atoms with E-state index in [1.54, 1.807) is 12.5 Å². The van der Waals surface area contributed by atoms with Crippen LogP contribution in [0.15, 0.2) is 18.7 Å². The Morgan fingerprint density at radius 2 is 2.17 bits per heavy atom. The Labute approximate surface area is 106 Å². The maximum Gasteiger partial charge on any atom is 0.304 e. The molecule has 18 heavy (non-hydrogen) atoms. The number of aromatic nitrogens is 2. The van der Waals surface area contributed by atoms with Gasteiger partial charge in [-0.05, 0) is 12.8 Å². The summed E-state index contributed by atoms with van der Waals surface area (Å²) in [5.74, 6) is -1.48. The predicted octanol–water partition coefficient (Wildman–Crippen LogP) is 0.0574. The third-order valence-electron chi connectivity index (χ3n) is 2.31. The molecule has 1 rings (SSSR count). The first-order chi connectivity index (χ1) is 8.49. The van der Waals surface area contributed by atoms with Crippen molar-refractivity contribution in [1.82, 2.24) is 14.3 Å². The van der Waals surface area contributed by atoms with Crippen molar-refractivity contribution in [2.24, 2.45) is 0 Å². The lowest BCUT2D eigenvalue weighted by Crippen LogP contribution is -2.28. The Balaban J connectivity index is 2.11. The van der Waals surface area contributed by atoms with Crippen LogP contribution < -0.4 is 4.72 Å². The van der Waals surface area contributed by atoms with Crippen LogP contribution in [0, 0.1) is 0 Å². The highest BCUT2D eigenvalue weighted by Gasteiger charge is 2.11. The number of hydrogen-bond donors (Lipinski definition) is 2. The van der Waals surface area contributed by atoms with Crippen molar-refractivity contribution in [3.05, 3.63) is 18.7 Å². The highest BCUT2D eigenvalue weighted by Crippen LogP contribution is 1.96. The Hall–Kier alpha value is -1.41. The van der Waals surface area contributed by atoms with Crippen molar-refractivity contribution < 1.29 is 18.3 Å². The zero-order valence-corrected chi connectivity index (χ0v) is 10.8. The molecule has 0 amide bonds. The number of nitrogens with zero attached hydrogens (tertiary/aromatic N) is 2. The average molecular weight is 275 g/mol. The molecule has 0 aliphatic carbocycles. The standard InChI is InChI=1S/C10H17N3O4S/c14-10(15)3-8-18(16,17)12-4-1-2-6-13-7-5-11-9-13/h5,7,9,12H,1-4,6,8H2,(H,14,15). The van der Waals surface area contributed by atoms with E-state index >= 15 is 0 Å². The second kappa shape index (κ2) is 7.12. The summed E-state index contributed by atoms with van der Waals surface area (Å²) < 4.78 is 27.0. The van der Waals surface area contributed by atoms with Gasteiger partial charge in [0, 0.05) is 25.5 Å². The minimum Gasteiger partial charge on any atom is -0.481 e. The van der Waals surface area contributed by atoms with E-state index in [9.17, 15) is 13.2 Å². The number of nitrogens with one attached hydrogen (secondary N) is 1. The summed E-state index contributed by atoms with van der Waals surface area (Å²) >= 11 is 0. The van der Waals surface area contributed by atoms with Gasteiger partial charge in [0.15, 0.2) is 0 Å². The van der Waals surface area contributed by atoms with Gasteiger partial charge in [-0.3, -0.25) is 4.79 Å². The van der Waals surface area contributed by atoms with Gasteiger partial charge < -0.3 is 9.67 Å². The van der Waals surface area contributed by atoms with Crippen LogP contribution >= 0.6 is 0 Å². The van der Waals surface area contributed by atoms with Crippen molar-refractivity contribution >= 4 is 16.0 Å². The van der Waals surface area contributed by atoms with E-state index < -0.39 is 16.0 Å². The number of hydrogen-bond acceptors (Lipinski definition) is 4. The molecule has 0 aromatic carbocycles. The van der Waals surface area contributed by atoms with Crippen LogP contribution in [0.25, 0.3) is 0 Å². The van der Waals surface area contributed by atoms with Gasteiger partial charge in [-0.2, -0.15) is 0 Å². The summed E-state index contributed by atoms with van der Waals surface area (Å²) in [7, 11) is -3.46. The number of sulfonamides is 1. The number of imidazole rings is 1. The fourth-order valence-electron chi connectivity index (χ4n) is 1.36. The molecular formula is C10H17N3O4S. The highest BCUT2D eigenvalue weighted by molar-refractivity contribution is 7.89. The fourth-order valence-corrected chi connectivity index (χ4v) is 2.40. The summed E-state index contributed by atoms with van der Waals surface area (Å²) in [6.07, 6.45) is 6.40. The molecule has 0 aliphatic heterocycles. The normalized spacial score (nSPS) is 11.6. The number of carbonyl (C=O) groups is 1. The molecule has 1 aromatic heterocycles. The average Bonchev–Trinajstić information content (AvgIpc) is 2.79. The van der Waals surface area contributed by atoms with Gasteiger partial charge in [-0.15, -0.1) is 0 Å². The SMILES string of the molecule is O=C(O)CCS(=O)(=O)NCCCCn1ccnc1. The van der Waals surface area contributed by atoms with Crippen molar-refractivity contribution in [1.29, 1.82) is 0 Å². The van der Waals surface area contributed by atoms with Gasteiger partial charge in [0.25, 0.3) is 0 Å². The minimum absolute atomic E-state index is 0.330. The number of unbranched alkanes of at least 4 members (excludes halogenated alkanes) is 1. The van der Waals surface area contributed by atoms with E-state index in [0.29, 0.717) is 13.0 Å². The molecule has 0 radical (unpaired) electrons. The second-order valence-corrected chi connectivity index (χ2v) is 5.79. The van der Waals surface area contributed by atoms with E-state index in [2.05, 4.69) is 9.71 Å². The molecule has 0 unspecified atom stereocenters.